The Bertz CT molecular complexity index is 826. The summed E-state index contributed by atoms with van der Waals surface area (Å²) in [5, 5.41) is 13.8. The van der Waals surface area contributed by atoms with E-state index >= 15 is 0 Å². The first-order chi connectivity index (χ1) is 11.9. The molecule has 0 aliphatic rings. The van der Waals surface area contributed by atoms with Crippen LogP contribution in [0.3, 0.4) is 0 Å². The minimum Gasteiger partial charge on any atom is -0.459 e. The van der Waals surface area contributed by atoms with Crippen LogP contribution in [0.15, 0.2) is 42.5 Å². The Kier molecular flexibility index (Phi) is 6.32. The van der Waals surface area contributed by atoms with Crippen molar-refractivity contribution in [3.05, 3.63) is 73.8 Å². The van der Waals surface area contributed by atoms with E-state index in [1.807, 2.05) is 0 Å². The average Bonchev–Trinajstić information content (AvgIpc) is 2.59. The maximum absolute atomic E-state index is 11.9. The highest BCUT2D eigenvalue weighted by atomic mass is 35.5. The van der Waals surface area contributed by atoms with E-state index in [2.05, 4.69) is 5.32 Å². The van der Waals surface area contributed by atoms with Crippen molar-refractivity contribution in [1.29, 1.82) is 0 Å². The van der Waals surface area contributed by atoms with Crippen LogP contribution < -0.4 is 5.32 Å². The molecular formula is C16H12Cl2N2O5. The normalized spacial score (nSPS) is 10.2. The largest absolute Gasteiger partial charge is 0.459 e. The Morgan fingerprint density at radius 1 is 1.16 bits per heavy atom. The van der Waals surface area contributed by atoms with Gasteiger partial charge >= 0.3 is 5.97 Å². The van der Waals surface area contributed by atoms with Crippen molar-refractivity contribution < 1.29 is 19.2 Å². The van der Waals surface area contributed by atoms with Gasteiger partial charge in [-0.05, 0) is 18.2 Å². The van der Waals surface area contributed by atoms with Gasteiger partial charge in [0.1, 0.15) is 13.2 Å². The number of esters is 1. The molecule has 0 aromatic heterocycles. The summed E-state index contributed by atoms with van der Waals surface area (Å²) in [7, 11) is 0. The van der Waals surface area contributed by atoms with E-state index in [0.717, 1.165) is 6.07 Å². The number of amides is 1. The van der Waals surface area contributed by atoms with Crippen LogP contribution >= 0.6 is 23.2 Å². The lowest BCUT2D eigenvalue weighted by Gasteiger charge is -2.08. The summed E-state index contributed by atoms with van der Waals surface area (Å²) in [5.41, 5.74) is 0.430. The van der Waals surface area contributed by atoms with E-state index < -0.39 is 16.8 Å². The van der Waals surface area contributed by atoms with E-state index in [-0.39, 0.29) is 24.4 Å². The van der Waals surface area contributed by atoms with Gasteiger partial charge in [-0.3, -0.25) is 19.7 Å². The lowest BCUT2D eigenvalue weighted by atomic mass is 10.2. The fraction of sp³-hybridized carbons (Fsp3) is 0.125. The van der Waals surface area contributed by atoms with E-state index in [9.17, 15) is 19.7 Å². The second kappa shape index (κ2) is 8.46. The van der Waals surface area contributed by atoms with Crippen LogP contribution in [0.2, 0.25) is 10.0 Å². The first-order valence-electron chi connectivity index (χ1n) is 6.99. The Hall–Kier alpha value is -2.64. The lowest BCUT2D eigenvalue weighted by Crippen LogP contribution is -2.30. The molecule has 0 atom stereocenters. The summed E-state index contributed by atoms with van der Waals surface area (Å²) in [5.74, 6) is -1.30. The molecule has 0 fully saturated rings. The van der Waals surface area contributed by atoms with Crippen LogP contribution in [0.4, 0.5) is 5.69 Å². The number of benzene rings is 2. The number of hydrogen-bond donors (Lipinski definition) is 1. The van der Waals surface area contributed by atoms with Gasteiger partial charge in [-0.2, -0.15) is 0 Å². The summed E-state index contributed by atoms with van der Waals surface area (Å²) in [6.45, 7) is -0.450. The van der Waals surface area contributed by atoms with Gasteiger partial charge in [0.25, 0.3) is 11.6 Å². The standard InChI is InChI=1S/C16H12Cl2N2O5/c17-12-5-4-11(14(18)7-12)9-25-15(21)8-19-16(22)10-2-1-3-13(6-10)20(23)24/h1-7H,8-9H2,(H,19,22). The summed E-state index contributed by atoms with van der Waals surface area (Å²) in [6.07, 6.45) is 0. The Morgan fingerprint density at radius 2 is 1.92 bits per heavy atom. The van der Waals surface area contributed by atoms with Crippen molar-refractivity contribution >= 4 is 40.8 Å². The van der Waals surface area contributed by atoms with Gasteiger partial charge in [-0.15, -0.1) is 0 Å². The van der Waals surface area contributed by atoms with Gasteiger partial charge in [-0.1, -0.05) is 35.3 Å². The Balaban J connectivity index is 1.86. The molecule has 0 bridgehead atoms. The fourth-order valence-electron chi connectivity index (χ4n) is 1.86. The third-order valence-corrected chi connectivity index (χ3v) is 3.70. The summed E-state index contributed by atoms with van der Waals surface area (Å²) >= 11 is 11.7. The molecule has 2 aromatic rings. The molecule has 1 N–H and O–H groups in total. The molecule has 130 valence electrons. The number of carbonyl (C=O) groups excluding carboxylic acids is 2. The number of hydrogen-bond acceptors (Lipinski definition) is 5. The van der Waals surface area contributed by atoms with Gasteiger partial charge in [0.05, 0.1) is 4.92 Å². The predicted octanol–water partition coefficient (Wildman–Crippen LogP) is 3.37. The second-order valence-corrected chi connectivity index (χ2v) is 5.73. The molecule has 2 aromatic carbocycles. The molecular weight excluding hydrogens is 371 g/mol. The zero-order chi connectivity index (χ0) is 18.4. The van der Waals surface area contributed by atoms with Crippen molar-refractivity contribution in [2.24, 2.45) is 0 Å². The number of carbonyl (C=O) groups is 2. The van der Waals surface area contributed by atoms with Gasteiger partial charge in [-0.25, -0.2) is 0 Å². The van der Waals surface area contributed by atoms with Crippen LogP contribution in [0, 0.1) is 10.1 Å². The molecule has 0 radical (unpaired) electrons. The van der Waals surface area contributed by atoms with Crippen LogP contribution in [0.25, 0.3) is 0 Å². The molecule has 0 saturated carbocycles. The number of nitro benzene ring substituents is 1. The predicted molar refractivity (Wildman–Crippen MR) is 91.7 cm³/mol. The topological polar surface area (TPSA) is 98.5 Å². The van der Waals surface area contributed by atoms with E-state index in [4.69, 9.17) is 27.9 Å². The summed E-state index contributed by atoms with van der Waals surface area (Å²) in [6, 6.07) is 9.93. The zero-order valence-corrected chi connectivity index (χ0v) is 14.2. The van der Waals surface area contributed by atoms with Crippen LogP contribution in [-0.2, 0) is 16.1 Å². The van der Waals surface area contributed by atoms with E-state index in [1.165, 1.54) is 24.3 Å². The molecule has 25 heavy (non-hydrogen) atoms. The van der Waals surface area contributed by atoms with Crippen molar-refractivity contribution in [2.75, 3.05) is 6.54 Å². The van der Waals surface area contributed by atoms with E-state index in [0.29, 0.717) is 15.6 Å². The van der Waals surface area contributed by atoms with Crippen molar-refractivity contribution in [2.45, 2.75) is 6.61 Å². The fourth-order valence-corrected chi connectivity index (χ4v) is 2.33. The minimum absolute atomic E-state index is 0.0679. The minimum atomic E-state index is -0.676. The van der Waals surface area contributed by atoms with Crippen LogP contribution in [-0.4, -0.2) is 23.3 Å². The number of ether oxygens (including phenoxy) is 1. The van der Waals surface area contributed by atoms with Gasteiger partial charge < -0.3 is 10.1 Å². The third-order valence-electron chi connectivity index (χ3n) is 3.12. The van der Waals surface area contributed by atoms with Crippen molar-refractivity contribution in [3.63, 3.8) is 0 Å². The zero-order valence-electron chi connectivity index (χ0n) is 12.7. The number of nitro groups is 1. The summed E-state index contributed by atoms with van der Waals surface area (Å²) < 4.78 is 5.01. The lowest BCUT2D eigenvalue weighted by molar-refractivity contribution is -0.384. The molecule has 0 unspecified atom stereocenters. The molecule has 7 nitrogen and oxygen atoms in total. The highest BCUT2D eigenvalue weighted by Crippen LogP contribution is 2.21. The molecule has 0 aliphatic heterocycles. The SMILES string of the molecule is O=C(CNC(=O)c1cccc([N+](=O)[O-])c1)OCc1ccc(Cl)cc1Cl. The maximum Gasteiger partial charge on any atom is 0.325 e. The first kappa shape index (κ1) is 18.7. The van der Waals surface area contributed by atoms with Crippen LogP contribution in [0.5, 0.6) is 0 Å². The average molecular weight is 383 g/mol. The second-order valence-electron chi connectivity index (χ2n) is 4.89. The number of rotatable bonds is 6. The highest BCUT2D eigenvalue weighted by Gasteiger charge is 2.13. The van der Waals surface area contributed by atoms with Gasteiger partial charge in [0.2, 0.25) is 0 Å². The Labute approximate surface area is 152 Å². The molecule has 2 rings (SSSR count). The number of nitrogens with zero attached hydrogens (tertiary/aromatic N) is 1. The van der Waals surface area contributed by atoms with Crippen molar-refractivity contribution in [3.8, 4) is 0 Å². The quantitative estimate of drug-likeness (QED) is 0.469. The Morgan fingerprint density at radius 3 is 2.60 bits per heavy atom. The van der Waals surface area contributed by atoms with Crippen LogP contribution in [0.1, 0.15) is 15.9 Å². The van der Waals surface area contributed by atoms with Crippen molar-refractivity contribution in [1.82, 2.24) is 5.32 Å². The highest BCUT2D eigenvalue weighted by molar-refractivity contribution is 6.35. The molecule has 0 heterocycles. The number of non-ortho nitro benzene ring substituents is 1. The molecule has 1 amide bonds. The van der Waals surface area contributed by atoms with Gasteiger partial charge in [0.15, 0.2) is 0 Å². The third kappa shape index (κ3) is 5.44. The van der Waals surface area contributed by atoms with E-state index in [1.54, 1.807) is 12.1 Å². The molecule has 0 spiro atoms. The molecule has 0 aliphatic carbocycles. The monoisotopic (exact) mass is 382 g/mol. The molecule has 9 heteroatoms. The molecule has 0 saturated heterocycles. The number of halogens is 2. The smallest absolute Gasteiger partial charge is 0.325 e. The van der Waals surface area contributed by atoms with Gasteiger partial charge in [0, 0.05) is 33.3 Å². The summed E-state index contributed by atoms with van der Waals surface area (Å²) in [4.78, 5) is 33.7. The first-order valence-corrected chi connectivity index (χ1v) is 7.74. The number of nitrogens with one attached hydrogen (secondary N) is 1. The maximum atomic E-state index is 11.9.